The van der Waals surface area contributed by atoms with Crippen LogP contribution in [0.25, 0.3) is 0 Å². The van der Waals surface area contributed by atoms with Crippen LogP contribution in [-0.4, -0.2) is 55.1 Å². The molecule has 3 heterocycles. The van der Waals surface area contributed by atoms with Crippen LogP contribution < -0.4 is 21.7 Å². The van der Waals surface area contributed by atoms with Gasteiger partial charge in [0, 0.05) is 29.4 Å². The number of alkyl halides is 3. The second-order valence-electron chi connectivity index (χ2n) is 9.08. The van der Waals surface area contributed by atoms with Crippen LogP contribution >= 0.6 is 31.3 Å². The third-order valence-corrected chi connectivity index (χ3v) is 9.67. The Hall–Kier alpha value is -1.32. The molecule has 0 unspecified atom stereocenters. The van der Waals surface area contributed by atoms with Crippen molar-refractivity contribution in [3.8, 4) is 0 Å². The molecule has 34 heavy (non-hydrogen) atoms. The topological polar surface area (TPSA) is 90.3 Å². The molecule has 0 radical (unpaired) electrons. The second kappa shape index (κ2) is 9.62. The van der Waals surface area contributed by atoms with Gasteiger partial charge in [-0.3, -0.25) is 0 Å². The monoisotopic (exact) mass is 533 g/mol. The summed E-state index contributed by atoms with van der Waals surface area (Å²) in [5.74, 6) is 0.683. The molecule has 0 saturated carbocycles. The largest absolute Gasteiger partial charge is 0.418 e. The van der Waals surface area contributed by atoms with Crippen molar-refractivity contribution in [3.05, 3.63) is 28.9 Å². The quantitative estimate of drug-likeness (QED) is 0.556. The van der Waals surface area contributed by atoms with Gasteiger partial charge in [0.25, 0.3) is 0 Å². The SMILES string of the molecule is C[C@@H]1OCC2(CCN(c3cnc(Sc4ccc(P(C)C)c(Cl)c4C(F)(F)F)c(N)n3)CC2)[C@@H]1N. The van der Waals surface area contributed by atoms with Crippen molar-refractivity contribution in [1.29, 1.82) is 0 Å². The standard InChI is InChI=1S/C22H28ClF3N5OPS/c1-12-18(27)21(11-32-12)6-8-31(9-7-21)15-10-29-20(19(28)30-15)34-14-5-4-13(33(2)3)17(23)16(14)22(24,25)26/h4-5,10,12,18H,6-9,11,27H2,1-3H3,(H2,28,30)/t12-,18+/m0/s1. The molecule has 186 valence electrons. The van der Waals surface area contributed by atoms with Gasteiger partial charge < -0.3 is 21.1 Å². The molecule has 4 N–H and O–H groups in total. The minimum absolute atomic E-state index is 0.00237. The predicted molar refractivity (Wildman–Crippen MR) is 133 cm³/mol. The summed E-state index contributed by atoms with van der Waals surface area (Å²) in [6, 6.07) is 3.08. The van der Waals surface area contributed by atoms with E-state index in [2.05, 4.69) is 14.9 Å². The first-order valence-electron chi connectivity index (χ1n) is 10.9. The fourth-order valence-corrected chi connectivity index (χ4v) is 7.25. The lowest BCUT2D eigenvalue weighted by molar-refractivity contribution is -0.139. The lowest BCUT2D eigenvalue weighted by Crippen LogP contribution is -2.50. The Morgan fingerprint density at radius 3 is 2.47 bits per heavy atom. The van der Waals surface area contributed by atoms with Gasteiger partial charge in [-0.15, -0.1) is 0 Å². The molecule has 0 amide bonds. The van der Waals surface area contributed by atoms with Crippen molar-refractivity contribution in [1.82, 2.24) is 9.97 Å². The van der Waals surface area contributed by atoms with Gasteiger partial charge in [0.15, 0.2) is 5.82 Å². The van der Waals surface area contributed by atoms with E-state index in [0.717, 1.165) is 37.7 Å². The first kappa shape index (κ1) is 25.8. The van der Waals surface area contributed by atoms with Gasteiger partial charge in [0.05, 0.1) is 29.5 Å². The third-order valence-electron chi connectivity index (χ3n) is 6.74. The zero-order chi connectivity index (χ0) is 24.8. The number of halogens is 4. The Morgan fingerprint density at radius 2 is 1.94 bits per heavy atom. The summed E-state index contributed by atoms with van der Waals surface area (Å²) in [6.45, 7) is 7.86. The summed E-state index contributed by atoms with van der Waals surface area (Å²) in [4.78, 5) is 10.8. The highest BCUT2D eigenvalue weighted by atomic mass is 35.5. The number of rotatable bonds is 4. The van der Waals surface area contributed by atoms with Gasteiger partial charge in [-0.05, 0) is 44.5 Å². The lowest BCUT2D eigenvalue weighted by Gasteiger charge is -2.41. The van der Waals surface area contributed by atoms with Gasteiger partial charge in [-0.2, -0.15) is 13.2 Å². The number of hydrogen-bond donors (Lipinski definition) is 2. The Morgan fingerprint density at radius 1 is 1.26 bits per heavy atom. The first-order chi connectivity index (χ1) is 15.9. The van der Waals surface area contributed by atoms with Crippen molar-refractivity contribution in [3.63, 3.8) is 0 Å². The Labute approximate surface area is 207 Å². The van der Waals surface area contributed by atoms with E-state index in [1.165, 1.54) is 6.07 Å². The molecule has 0 aliphatic carbocycles. The summed E-state index contributed by atoms with van der Waals surface area (Å²) in [7, 11) is -0.796. The molecule has 1 aromatic heterocycles. The number of ether oxygens (including phenoxy) is 1. The zero-order valence-electron chi connectivity index (χ0n) is 19.2. The molecular weight excluding hydrogens is 506 g/mol. The highest BCUT2D eigenvalue weighted by Gasteiger charge is 2.47. The summed E-state index contributed by atoms with van der Waals surface area (Å²) in [6.07, 6.45) is -1.26. The molecule has 6 nitrogen and oxygen atoms in total. The van der Waals surface area contributed by atoms with Crippen LogP contribution in [-0.2, 0) is 10.9 Å². The van der Waals surface area contributed by atoms with Crippen LogP contribution in [0.15, 0.2) is 28.3 Å². The lowest BCUT2D eigenvalue weighted by atomic mass is 9.73. The number of hydrogen-bond acceptors (Lipinski definition) is 7. The third kappa shape index (κ3) is 4.85. The molecular formula is C22H28ClF3N5OPS. The van der Waals surface area contributed by atoms with Crippen molar-refractivity contribution in [2.75, 3.05) is 43.7 Å². The molecule has 1 aromatic carbocycles. The summed E-state index contributed by atoms with van der Waals surface area (Å²) >= 11 is 7.01. The van der Waals surface area contributed by atoms with Gasteiger partial charge in [0.1, 0.15) is 10.8 Å². The van der Waals surface area contributed by atoms with Crippen molar-refractivity contribution < 1.29 is 17.9 Å². The number of anilines is 2. The van der Waals surface area contributed by atoms with Gasteiger partial charge in [-0.1, -0.05) is 37.4 Å². The van der Waals surface area contributed by atoms with Crippen LogP contribution in [0.3, 0.4) is 0 Å². The maximum Gasteiger partial charge on any atom is 0.418 e. The van der Waals surface area contributed by atoms with Crippen molar-refractivity contribution in [2.24, 2.45) is 11.1 Å². The second-order valence-corrected chi connectivity index (χ2v) is 12.8. The van der Waals surface area contributed by atoms with E-state index in [1.54, 1.807) is 12.3 Å². The highest BCUT2D eigenvalue weighted by Crippen LogP contribution is 2.46. The van der Waals surface area contributed by atoms with E-state index in [0.29, 0.717) is 17.7 Å². The molecule has 12 heteroatoms. The smallest absolute Gasteiger partial charge is 0.381 e. The number of nitrogens with two attached hydrogens (primary N) is 2. The molecule has 4 rings (SSSR count). The fraction of sp³-hybridized carbons (Fsp3) is 0.545. The normalized spacial score (nSPS) is 22.7. The number of nitrogen functional groups attached to an aromatic ring is 1. The first-order valence-corrected chi connectivity index (χ1v) is 14.4. The Balaban J connectivity index is 1.53. The van der Waals surface area contributed by atoms with E-state index in [9.17, 15) is 13.2 Å². The van der Waals surface area contributed by atoms with E-state index < -0.39 is 19.7 Å². The highest BCUT2D eigenvalue weighted by molar-refractivity contribution is 7.99. The average molecular weight is 534 g/mol. The molecule has 2 aliphatic rings. The van der Waals surface area contributed by atoms with Crippen LogP contribution in [0, 0.1) is 5.41 Å². The summed E-state index contributed by atoms with van der Waals surface area (Å²) in [5.41, 5.74) is 11.6. The number of benzene rings is 1. The Kier molecular flexibility index (Phi) is 7.29. The van der Waals surface area contributed by atoms with Crippen molar-refractivity contribution in [2.45, 2.75) is 48.0 Å². The maximum absolute atomic E-state index is 13.9. The molecule has 2 aromatic rings. The minimum Gasteiger partial charge on any atom is -0.381 e. The molecule has 0 bridgehead atoms. The van der Waals surface area contributed by atoms with E-state index in [1.807, 2.05) is 20.3 Å². The predicted octanol–water partition coefficient (Wildman–Crippen LogP) is 4.58. The van der Waals surface area contributed by atoms with Crippen LogP contribution in [0.4, 0.5) is 24.8 Å². The average Bonchev–Trinajstić information content (AvgIpc) is 3.03. The Bertz CT molecular complexity index is 1070. The van der Waals surface area contributed by atoms with Gasteiger partial charge in [0.2, 0.25) is 0 Å². The maximum atomic E-state index is 13.9. The number of piperidine rings is 1. The van der Waals surface area contributed by atoms with E-state index in [-0.39, 0.29) is 38.3 Å². The van der Waals surface area contributed by atoms with Crippen LogP contribution in [0.2, 0.25) is 5.02 Å². The van der Waals surface area contributed by atoms with E-state index in [4.69, 9.17) is 27.8 Å². The van der Waals surface area contributed by atoms with Gasteiger partial charge in [-0.25, -0.2) is 9.97 Å². The molecule has 2 atom stereocenters. The molecule has 1 spiro atoms. The minimum atomic E-state index is -4.60. The molecule has 2 aliphatic heterocycles. The number of nitrogens with zero attached hydrogens (tertiary/aromatic N) is 3. The van der Waals surface area contributed by atoms with E-state index >= 15 is 0 Å². The molecule has 2 fully saturated rings. The summed E-state index contributed by atoms with van der Waals surface area (Å²) in [5, 5.41) is 0.455. The van der Waals surface area contributed by atoms with Crippen molar-refractivity contribution >= 4 is 48.2 Å². The van der Waals surface area contributed by atoms with Crippen LogP contribution in [0.5, 0.6) is 0 Å². The molecule has 2 saturated heterocycles. The number of aromatic nitrogens is 2. The zero-order valence-corrected chi connectivity index (χ0v) is 21.7. The van der Waals surface area contributed by atoms with Gasteiger partial charge >= 0.3 is 6.18 Å². The summed E-state index contributed by atoms with van der Waals surface area (Å²) < 4.78 is 47.3. The van der Waals surface area contributed by atoms with Crippen LogP contribution in [0.1, 0.15) is 25.3 Å². The fourth-order valence-electron chi connectivity index (χ4n) is 4.61.